The van der Waals surface area contributed by atoms with Crippen LogP contribution in [0.4, 0.5) is 0 Å². The Morgan fingerprint density at radius 2 is 1.86 bits per heavy atom. The standard InChI is InChI=1S/C20H25N3O6/c1-12(2)23-13(3)8-15(14(23)4)16(24)11-29-19(26)10-21-18(25)9-22-20(27)17-6-5-7-28-17/h5-8,12H,9-11H2,1-4H3,(H,21,25)(H,22,27). The van der Waals surface area contributed by atoms with E-state index in [0.717, 1.165) is 11.4 Å². The molecule has 0 bridgehead atoms. The van der Waals surface area contributed by atoms with E-state index in [4.69, 9.17) is 9.15 Å². The summed E-state index contributed by atoms with van der Waals surface area (Å²) >= 11 is 0. The highest BCUT2D eigenvalue weighted by Gasteiger charge is 2.18. The minimum Gasteiger partial charge on any atom is -0.459 e. The maximum Gasteiger partial charge on any atom is 0.325 e. The van der Waals surface area contributed by atoms with E-state index >= 15 is 0 Å². The third-order valence-electron chi connectivity index (χ3n) is 4.25. The topological polar surface area (TPSA) is 120 Å². The maximum absolute atomic E-state index is 12.4. The number of Topliss-reactive ketones (excluding diaryl/α,β-unsaturated/α-hetero) is 1. The van der Waals surface area contributed by atoms with Gasteiger partial charge in [0.1, 0.15) is 6.54 Å². The van der Waals surface area contributed by atoms with Gasteiger partial charge in [0.05, 0.1) is 12.8 Å². The first-order valence-electron chi connectivity index (χ1n) is 9.16. The average Bonchev–Trinajstić information content (AvgIpc) is 3.30. The number of nitrogens with one attached hydrogen (secondary N) is 2. The number of carbonyl (C=O) groups excluding carboxylic acids is 4. The van der Waals surface area contributed by atoms with E-state index in [1.807, 2.05) is 32.3 Å². The smallest absolute Gasteiger partial charge is 0.325 e. The molecule has 29 heavy (non-hydrogen) atoms. The summed E-state index contributed by atoms with van der Waals surface area (Å²) in [5.41, 5.74) is 2.28. The fourth-order valence-electron chi connectivity index (χ4n) is 3.02. The van der Waals surface area contributed by atoms with Crippen molar-refractivity contribution in [2.45, 2.75) is 33.7 Å². The van der Waals surface area contributed by atoms with Gasteiger partial charge in [-0.2, -0.15) is 0 Å². The van der Waals surface area contributed by atoms with E-state index in [0.29, 0.717) is 5.56 Å². The summed E-state index contributed by atoms with van der Waals surface area (Å²) < 4.78 is 11.9. The number of ether oxygens (including phenoxy) is 1. The summed E-state index contributed by atoms with van der Waals surface area (Å²) in [4.78, 5) is 47.5. The van der Waals surface area contributed by atoms with E-state index in [1.54, 1.807) is 12.1 Å². The van der Waals surface area contributed by atoms with Crippen molar-refractivity contribution in [3.05, 3.63) is 47.2 Å². The average molecular weight is 403 g/mol. The first-order chi connectivity index (χ1) is 13.7. The molecule has 2 aromatic heterocycles. The lowest BCUT2D eigenvalue weighted by molar-refractivity contribution is -0.142. The van der Waals surface area contributed by atoms with Crippen LogP contribution in [-0.2, 0) is 14.3 Å². The summed E-state index contributed by atoms with van der Waals surface area (Å²) in [5, 5.41) is 4.66. The summed E-state index contributed by atoms with van der Waals surface area (Å²) in [5.74, 6) is -2.10. The molecule has 156 valence electrons. The number of nitrogens with zero attached hydrogens (tertiary/aromatic N) is 1. The third-order valence-corrected chi connectivity index (χ3v) is 4.25. The lowest BCUT2D eigenvalue weighted by atomic mass is 10.1. The van der Waals surface area contributed by atoms with Crippen LogP contribution >= 0.6 is 0 Å². The summed E-state index contributed by atoms with van der Waals surface area (Å²) in [7, 11) is 0. The number of furan rings is 1. The monoisotopic (exact) mass is 403 g/mol. The van der Waals surface area contributed by atoms with Crippen LogP contribution in [0.25, 0.3) is 0 Å². The van der Waals surface area contributed by atoms with Crippen molar-refractivity contribution in [1.82, 2.24) is 15.2 Å². The van der Waals surface area contributed by atoms with Gasteiger partial charge >= 0.3 is 5.97 Å². The van der Waals surface area contributed by atoms with Crippen LogP contribution in [-0.4, -0.2) is 47.8 Å². The minimum atomic E-state index is -0.748. The second kappa shape index (κ2) is 9.72. The van der Waals surface area contributed by atoms with Gasteiger partial charge in [0.15, 0.2) is 12.4 Å². The highest BCUT2D eigenvalue weighted by molar-refractivity contribution is 5.99. The van der Waals surface area contributed by atoms with Crippen molar-refractivity contribution in [1.29, 1.82) is 0 Å². The fourth-order valence-corrected chi connectivity index (χ4v) is 3.02. The molecule has 9 heteroatoms. The maximum atomic E-state index is 12.4. The second-order valence-electron chi connectivity index (χ2n) is 6.77. The SMILES string of the molecule is Cc1cc(C(=O)COC(=O)CNC(=O)CNC(=O)c2ccco2)c(C)n1C(C)C. The highest BCUT2D eigenvalue weighted by Crippen LogP contribution is 2.20. The molecule has 2 rings (SSSR count). The van der Waals surface area contributed by atoms with Gasteiger partial charge in [-0.3, -0.25) is 19.2 Å². The molecular formula is C20H25N3O6. The van der Waals surface area contributed by atoms with Crippen molar-refractivity contribution < 1.29 is 28.3 Å². The number of hydrogen-bond donors (Lipinski definition) is 2. The molecule has 0 aliphatic rings. The first-order valence-corrected chi connectivity index (χ1v) is 9.16. The lowest BCUT2D eigenvalue weighted by Crippen LogP contribution is -2.39. The van der Waals surface area contributed by atoms with Crippen LogP contribution in [0, 0.1) is 13.8 Å². The Balaban J connectivity index is 1.74. The van der Waals surface area contributed by atoms with E-state index in [-0.39, 0.29) is 24.1 Å². The van der Waals surface area contributed by atoms with E-state index in [2.05, 4.69) is 10.6 Å². The van der Waals surface area contributed by atoms with Gasteiger partial charge in [-0.1, -0.05) is 0 Å². The highest BCUT2D eigenvalue weighted by atomic mass is 16.5. The number of ketones is 1. The Bertz CT molecular complexity index is 896. The third kappa shape index (κ3) is 5.81. The van der Waals surface area contributed by atoms with Crippen molar-refractivity contribution >= 4 is 23.6 Å². The summed E-state index contributed by atoms with van der Waals surface area (Å²) in [6.45, 7) is 6.66. The normalized spacial score (nSPS) is 10.7. The molecule has 0 aliphatic heterocycles. The van der Waals surface area contributed by atoms with Crippen LogP contribution in [0.2, 0.25) is 0 Å². The molecule has 0 saturated carbocycles. The van der Waals surface area contributed by atoms with Gasteiger partial charge in [0, 0.05) is 23.0 Å². The van der Waals surface area contributed by atoms with Gasteiger partial charge in [0.2, 0.25) is 11.7 Å². The van der Waals surface area contributed by atoms with Gasteiger partial charge in [-0.25, -0.2) is 0 Å². The molecule has 0 atom stereocenters. The molecule has 9 nitrogen and oxygen atoms in total. The van der Waals surface area contributed by atoms with E-state index in [9.17, 15) is 19.2 Å². The van der Waals surface area contributed by atoms with Gasteiger partial charge in [0.25, 0.3) is 5.91 Å². The number of aryl methyl sites for hydroxylation is 1. The number of esters is 1. The zero-order valence-electron chi connectivity index (χ0n) is 16.9. The van der Waals surface area contributed by atoms with Crippen LogP contribution in [0.5, 0.6) is 0 Å². The molecule has 0 radical (unpaired) electrons. The Hall–Kier alpha value is -3.36. The Kier molecular flexibility index (Phi) is 7.35. The molecular weight excluding hydrogens is 378 g/mol. The quantitative estimate of drug-likeness (QED) is 0.484. The first kappa shape index (κ1) is 21.9. The number of rotatable bonds is 9. The van der Waals surface area contributed by atoms with Crippen LogP contribution in [0.1, 0.15) is 52.2 Å². The molecule has 0 spiro atoms. The summed E-state index contributed by atoms with van der Waals surface area (Å²) in [6, 6.07) is 4.99. The molecule has 2 heterocycles. The molecule has 0 aromatic carbocycles. The molecule has 0 aliphatic carbocycles. The molecule has 2 N–H and O–H groups in total. The zero-order valence-corrected chi connectivity index (χ0v) is 16.9. The zero-order chi connectivity index (χ0) is 21.6. The molecule has 0 saturated heterocycles. The fraction of sp³-hybridized carbons (Fsp3) is 0.400. The Morgan fingerprint density at radius 1 is 1.14 bits per heavy atom. The van der Waals surface area contributed by atoms with Crippen molar-refractivity contribution in [3.8, 4) is 0 Å². The lowest BCUT2D eigenvalue weighted by Gasteiger charge is -2.13. The molecule has 2 aromatic rings. The van der Waals surface area contributed by atoms with E-state index < -0.39 is 30.9 Å². The Morgan fingerprint density at radius 3 is 2.45 bits per heavy atom. The van der Waals surface area contributed by atoms with Crippen LogP contribution in [0.15, 0.2) is 28.9 Å². The molecule has 2 amide bonds. The van der Waals surface area contributed by atoms with Crippen molar-refractivity contribution in [2.24, 2.45) is 0 Å². The van der Waals surface area contributed by atoms with Crippen molar-refractivity contribution in [3.63, 3.8) is 0 Å². The van der Waals surface area contributed by atoms with Gasteiger partial charge in [-0.05, 0) is 45.9 Å². The minimum absolute atomic E-state index is 0.0764. The van der Waals surface area contributed by atoms with Crippen LogP contribution < -0.4 is 10.6 Å². The predicted octanol–water partition coefficient (Wildman–Crippen LogP) is 1.55. The second-order valence-corrected chi connectivity index (χ2v) is 6.77. The number of carbonyl (C=O) groups is 4. The number of aromatic nitrogens is 1. The molecule has 0 unspecified atom stereocenters. The molecule has 0 fully saturated rings. The van der Waals surface area contributed by atoms with Gasteiger partial charge < -0.3 is 24.4 Å². The van der Waals surface area contributed by atoms with E-state index in [1.165, 1.54) is 12.3 Å². The summed E-state index contributed by atoms with van der Waals surface area (Å²) in [6.07, 6.45) is 1.34. The predicted molar refractivity (Wildman–Crippen MR) is 104 cm³/mol. The van der Waals surface area contributed by atoms with Crippen molar-refractivity contribution in [2.75, 3.05) is 19.7 Å². The Labute approximate surface area is 168 Å². The number of amides is 2. The number of hydrogen-bond acceptors (Lipinski definition) is 6. The van der Waals surface area contributed by atoms with Crippen LogP contribution in [0.3, 0.4) is 0 Å². The van der Waals surface area contributed by atoms with Gasteiger partial charge in [-0.15, -0.1) is 0 Å². The largest absolute Gasteiger partial charge is 0.459 e.